The number of likely N-dealkylation sites (tertiary alicyclic amines) is 1. The van der Waals surface area contributed by atoms with Crippen LogP contribution in [0.4, 0.5) is 0 Å². The fourth-order valence-electron chi connectivity index (χ4n) is 6.95. The zero-order valence-electron chi connectivity index (χ0n) is 22.9. The molecule has 202 valence electrons. The van der Waals surface area contributed by atoms with Gasteiger partial charge in [0.25, 0.3) is 5.91 Å². The molecule has 1 aliphatic carbocycles. The van der Waals surface area contributed by atoms with Gasteiger partial charge in [-0.05, 0) is 75.3 Å². The molecule has 2 fully saturated rings. The molecule has 3 atom stereocenters. The Labute approximate surface area is 221 Å². The number of carbonyl (C=O) groups is 2. The smallest absolute Gasteiger partial charge is 0.271 e. The number of piperidine rings is 1. The molecule has 3 aliphatic rings. The SMILES string of the molecule is CC1CC(C)CN(CCCN2C(=O)c3ccc(-c4ccco4)n3CC2(C)C(=O)NC2CCCCCC2)C1. The van der Waals surface area contributed by atoms with Crippen molar-refractivity contribution in [2.24, 2.45) is 11.8 Å². The molecule has 1 saturated carbocycles. The van der Waals surface area contributed by atoms with Crippen LogP contribution >= 0.6 is 0 Å². The summed E-state index contributed by atoms with van der Waals surface area (Å²) in [6.45, 7) is 10.8. The summed E-state index contributed by atoms with van der Waals surface area (Å²) in [5.41, 5.74) is 0.517. The Morgan fingerprint density at radius 3 is 2.41 bits per heavy atom. The van der Waals surface area contributed by atoms with Gasteiger partial charge in [0.2, 0.25) is 5.91 Å². The summed E-state index contributed by atoms with van der Waals surface area (Å²) < 4.78 is 7.65. The molecule has 2 aliphatic heterocycles. The Balaban J connectivity index is 1.38. The highest BCUT2D eigenvalue weighted by Gasteiger charge is 2.48. The Hall–Kier alpha value is -2.54. The summed E-state index contributed by atoms with van der Waals surface area (Å²) in [7, 11) is 0. The molecule has 3 unspecified atom stereocenters. The van der Waals surface area contributed by atoms with E-state index in [1.807, 2.05) is 40.7 Å². The Morgan fingerprint density at radius 2 is 1.73 bits per heavy atom. The first-order valence-corrected chi connectivity index (χ1v) is 14.4. The van der Waals surface area contributed by atoms with E-state index in [4.69, 9.17) is 4.42 Å². The first kappa shape index (κ1) is 26.1. The maximum absolute atomic E-state index is 14.0. The van der Waals surface area contributed by atoms with E-state index < -0.39 is 5.54 Å². The van der Waals surface area contributed by atoms with Crippen molar-refractivity contribution in [3.05, 3.63) is 36.2 Å². The van der Waals surface area contributed by atoms with Crippen molar-refractivity contribution in [1.29, 1.82) is 0 Å². The number of carbonyl (C=O) groups excluding carboxylic acids is 2. The second-order valence-corrected chi connectivity index (χ2v) is 12.1. The first-order valence-electron chi connectivity index (χ1n) is 14.4. The second-order valence-electron chi connectivity index (χ2n) is 12.1. The summed E-state index contributed by atoms with van der Waals surface area (Å²) in [5.74, 6) is 2.03. The average molecular weight is 509 g/mol. The number of amides is 2. The number of aromatic nitrogens is 1. The van der Waals surface area contributed by atoms with Crippen LogP contribution in [-0.2, 0) is 11.3 Å². The molecule has 4 heterocycles. The molecule has 2 aromatic heterocycles. The summed E-state index contributed by atoms with van der Waals surface area (Å²) in [5, 5.41) is 3.37. The largest absolute Gasteiger partial charge is 0.463 e. The van der Waals surface area contributed by atoms with Crippen LogP contribution < -0.4 is 5.32 Å². The van der Waals surface area contributed by atoms with Crippen LogP contribution in [0.3, 0.4) is 0 Å². The number of furan rings is 1. The summed E-state index contributed by atoms with van der Waals surface area (Å²) in [6, 6.07) is 7.77. The zero-order valence-corrected chi connectivity index (χ0v) is 22.9. The lowest BCUT2D eigenvalue weighted by atomic mass is 9.91. The van der Waals surface area contributed by atoms with Gasteiger partial charge in [0.1, 0.15) is 17.0 Å². The lowest BCUT2D eigenvalue weighted by Crippen LogP contribution is -2.65. The number of nitrogens with one attached hydrogen (secondary N) is 1. The number of hydrogen-bond acceptors (Lipinski definition) is 4. The number of hydrogen-bond donors (Lipinski definition) is 1. The third-order valence-corrected chi connectivity index (χ3v) is 8.76. The van der Waals surface area contributed by atoms with E-state index >= 15 is 0 Å². The highest BCUT2D eigenvalue weighted by atomic mass is 16.3. The predicted molar refractivity (Wildman–Crippen MR) is 145 cm³/mol. The topological polar surface area (TPSA) is 70.7 Å². The van der Waals surface area contributed by atoms with E-state index in [0.29, 0.717) is 36.4 Å². The molecule has 1 saturated heterocycles. The molecule has 0 bridgehead atoms. The molecule has 0 radical (unpaired) electrons. The van der Waals surface area contributed by atoms with Crippen molar-refractivity contribution in [3.8, 4) is 11.5 Å². The summed E-state index contributed by atoms with van der Waals surface area (Å²) in [6.07, 6.45) is 10.6. The summed E-state index contributed by atoms with van der Waals surface area (Å²) >= 11 is 0. The van der Waals surface area contributed by atoms with Gasteiger partial charge in [-0.25, -0.2) is 0 Å². The van der Waals surface area contributed by atoms with E-state index in [2.05, 4.69) is 24.1 Å². The van der Waals surface area contributed by atoms with E-state index in [1.165, 1.54) is 19.3 Å². The Kier molecular flexibility index (Phi) is 7.80. The average Bonchev–Trinajstić information content (AvgIpc) is 3.45. The molecule has 1 N–H and O–H groups in total. The fourth-order valence-corrected chi connectivity index (χ4v) is 6.95. The molecule has 7 heteroatoms. The van der Waals surface area contributed by atoms with Crippen molar-refractivity contribution >= 4 is 11.8 Å². The third-order valence-electron chi connectivity index (χ3n) is 8.76. The van der Waals surface area contributed by atoms with Crippen molar-refractivity contribution < 1.29 is 14.0 Å². The van der Waals surface area contributed by atoms with Crippen molar-refractivity contribution in [3.63, 3.8) is 0 Å². The molecular weight excluding hydrogens is 464 g/mol. The first-order chi connectivity index (χ1) is 17.8. The number of rotatable bonds is 7. The van der Waals surface area contributed by atoms with Gasteiger partial charge in [-0.1, -0.05) is 39.5 Å². The lowest BCUT2D eigenvalue weighted by molar-refractivity contribution is -0.133. The maximum Gasteiger partial charge on any atom is 0.271 e. The lowest BCUT2D eigenvalue weighted by Gasteiger charge is -2.45. The van der Waals surface area contributed by atoms with Crippen molar-refractivity contribution in [2.45, 2.75) is 90.3 Å². The van der Waals surface area contributed by atoms with Crippen LogP contribution in [0.5, 0.6) is 0 Å². The van der Waals surface area contributed by atoms with Gasteiger partial charge in [0.15, 0.2) is 0 Å². The van der Waals surface area contributed by atoms with Crippen molar-refractivity contribution in [2.75, 3.05) is 26.2 Å². The molecule has 2 amide bonds. The normalized spacial score (nSPS) is 27.6. The van der Waals surface area contributed by atoms with Gasteiger partial charge < -0.3 is 24.1 Å². The molecule has 5 rings (SSSR count). The minimum absolute atomic E-state index is 0.0299. The zero-order chi connectivity index (χ0) is 26.0. The van der Waals surface area contributed by atoms with E-state index in [-0.39, 0.29) is 17.9 Å². The van der Waals surface area contributed by atoms with Gasteiger partial charge in [-0.15, -0.1) is 0 Å². The molecule has 7 nitrogen and oxygen atoms in total. The fraction of sp³-hybridized carbons (Fsp3) is 0.667. The quantitative estimate of drug-likeness (QED) is 0.524. The van der Waals surface area contributed by atoms with Crippen LogP contribution in [0.15, 0.2) is 34.9 Å². The van der Waals surface area contributed by atoms with Crippen LogP contribution in [-0.4, -0.2) is 63.9 Å². The molecule has 37 heavy (non-hydrogen) atoms. The van der Waals surface area contributed by atoms with Crippen LogP contribution in [0, 0.1) is 11.8 Å². The predicted octanol–water partition coefficient (Wildman–Crippen LogP) is 5.17. The molecular formula is C30H44N4O3. The highest BCUT2D eigenvalue weighted by Crippen LogP contribution is 2.34. The Morgan fingerprint density at radius 1 is 1.03 bits per heavy atom. The van der Waals surface area contributed by atoms with Crippen molar-refractivity contribution in [1.82, 2.24) is 19.7 Å². The van der Waals surface area contributed by atoms with Crippen LogP contribution in [0.25, 0.3) is 11.5 Å². The van der Waals surface area contributed by atoms with Gasteiger partial charge >= 0.3 is 0 Å². The molecule has 0 spiro atoms. The monoisotopic (exact) mass is 508 g/mol. The van der Waals surface area contributed by atoms with Gasteiger partial charge in [0.05, 0.1) is 18.5 Å². The van der Waals surface area contributed by atoms with Crippen LogP contribution in [0.2, 0.25) is 0 Å². The molecule has 0 aromatic carbocycles. The van der Waals surface area contributed by atoms with Crippen LogP contribution in [0.1, 0.15) is 82.6 Å². The van der Waals surface area contributed by atoms with E-state index in [1.54, 1.807) is 6.26 Å². The van der Waals surface area contributed by atoms with E-state index in [9.17, 15) is 9.59 Å². The number of nitrogens with zero attached hydrogens (tertiary/aromatic N) is 3. The highest BCUT2D eigenvalue weighted by molar-refractivity contribution is 6.00. The minimum Gasteiger partial charge on any atom is -0.463 e. The third kappa shape index (κ3) is 5.52. The second kappa shape index (κ2) is 11.1. The summed E-state index contributed by atoms with van der Waals surface area (Å²) in [4.78, 5) is 32.3. The minimum atomic E-state index is -0.959. The van der Waals surface area contributed by atoms with Gasteiger partial charge in [0, 0.05) is 25.7 Å². The standard InChI is InChI=1S/C30H44N4O3/c1-22-18-23(2)20-32(19-22)15-9-16-34-28(35)26-14-13-25(27-12-8-17-37-27)33(26)21-30(34,3)29(36)31-24-10-6-4-5-7-11-24/h8,12-14,17,22-24H,4-7,9-11,15-16,18-21H2,1-3H3,(H,31,36). The Bertz CT molecular complexity index is 1060. The maximum atomic E-state index is 14.0. The van der Waals surface area contributed by atoms with Gasteiger partial charge in [-0.2, -0.15) is 0 Å². The van der Waals surface area contributed by atoms with E-state index in [0.717, 1.165) is 57.4 Å². The van der Waals surface area contributed by atoms with Gasteiger partial charge in [-0.3, -0.25) is 9.59 Å². The molecule has 2 aromatic rings. The number of fused-ring (bicyclic) bond motifs is 1.